The Hall–Kier alpha value is -8.65. The minimum Gasteiger partial charge on any atom is -0.466 e. The van der Waals surface area contributed by atoms with Crippen LogP contribution < -0.4 is 10.2 Å². The van der Waals surface area contributed by atoms with Gasteiger partial charge in [0.2, 0.25) is 17.2 Å². The molecule has 5 aliphatic rings. The molecule has 13 aromatic rings. The fourth-order valence-electron chi connectivity index (χ4n) is 17.5. The summed E-state index contributed by atoms with van der Waals surface area (Å²) in [6, 6.07) is 47.5. The van der Waals surface area contributed by atoms with E-state index in [0.29, 0.717) is 93.9 Å². The van der Waals surface area contributed by atoms with Crippen LogP contribution in [0.4, 0.5) is 5.82 Å². The third kappa shape index (κ3) is 6.97. The highest BCUT2D eigenvalue weighted by Gasteiger charge is 2.92. The average Bonchev–Trinajstić information content (AvgIpc) is 1.27. The summed E-state index contributed by atoms with van der Waals surface area (Å²) < 4.78 is 38.7. The molecule has 7 unspecified atom stereocenters. The number of thiophene rings is 1. The molecule has 0 saturated carbocycles. The minimum absolute atomic E-state index is 0.239. The highest BCUT2D eigenvalue weighted by molar-refractivity contribution is 7.10. The number of benzene rings is 4. The highest BCUT2D eigenvalue weighted by atomic mass is 32.1. The highest BCUT2D eigenvalue weighted by Crippen LogP contribution is 2.78. The van der Waals surface area contributed by atoms with Crippen molar-refractivity contribution in [3.8, 4) is 0 Å². The first kappa shape index (κ1) is 54.3. The van der Waals surface area contributed by atoms with Gasteiger partial charge in [0.05, 0.1) is 35.5 Å². The summed E-state index contributed by atoms with van der Waals surface area (Å²) in [6.07, 6.45) is 11.6. The number of nitrogens with one attached hydrogen (secondary N) is 5. The van der Waals surface area contributed by atoms with Crippen LogP contribution >= 0.6 is 22.7 Å². The van der Waals surface area contributed by atoms with Crippen LogP contribution in [-0.4, -0.2) is 135 Å². The number of aromatic nitrogens is 11. The molecule has 5 aliphatic heterocycles. The van der Waals surface area contributed by atoms with E-state index in [1.165, 1.54) is 0 Å². The first-order chi connectivity index (χ1) is 44.6. The van der Waals surface area contributed by atoms with Crippen LogP contribution in [0.3, 0.4) is 0 Å². The maximum atomic E-state index is 8.63. The quantitative estimate of drug-likeness (QED) is 0.0721. The summed E-state index contributed by atoms with van der Waals surface area (Å²) in [4.78, 5) is 20.6. The van der Waals surface area contributed by atoms with E-state index in [9.17, 15) is 0 Å². The van der Waals surface area contributed by atoms with E-state index in [1.54, 1.807) is 28.9 Å². The second-order valence-electron chi connectivity index (χ2n) is 24.4. The van der Waals surface area contributed by atoms with Crippen molar-refractivity contribution in [2.75, 3.05) is 57.4 Å². The SMILES string of the molecule is c1coc(C2(c3cccc4c3[nH]c3ccccc34)N(c3cc4ccccc4[nH]3)C(N3CCNCC3)(C3(c4nn[nH]n4)OCCCC3(c3cn[nH]n3)c3ccon3)N(N3CCCCC3)C(c3nccs3)(C3CCCO3)C2(c2cc3ccccc3o2)c2cccs2)c1. The van der Waals surface area contributed by atoms with Gasteiger partial charge in [0, 0.05) is 113 Å². The van der Waals surface area contributed by atoms with Crippen molar-refractivity contribution in [2.24, 2.45) is 0 Å². The van der Waals surface area contributed by atoms with E-state index in [2.05, 4.69) is 178 Å². The van der Waals surface area contributed by atoms with Gasteiger partial charge >= 0.3 is 0 Å². The molecule has 4 aromatic carbocycles. The second kappa shape index (κ2) is 21.0. The molecule has 5 saturated heterocycles. The van der Waals surface area contributed by atoms with Crippen LogP contribution in [0.2, 0.25) is 0 Å². The molecule has 0 radical (unpaired) electrons. The monoisotopic (exact) mass is 1240 g/mol. The number of para-hydroxylation sites is 4. The Balaban J connectivity index is 1.21. The Morgan fingerprint density at radius 2 is 1.54 bits per heavy atom. The number of hydrazine groups is 1. The summed E-state index contributed by atoms with van der Waals surface area (Å²) in [6.45, 7) is 4.01. The smallest absolute Gasteiger partial charge is 0.213 e. The van der Waals surface area contributed by atoms with Crippen molar-refractivity contribution in [3.05, 3.63) is 213 Å². The van der Waals surface area contributed by atoms with Crippen molar-refractivity contribution in [1.29, 1.82) is 0 Å². The topological polar surface area (TPSA) is 236 Å². The molecule has 21 nitrogen and oxygen atoms in total. The van der Waals surface area contributed by atoms with E-state index in [1.807, 2.05) is 30.8 Å². The fraction of sp³-hybridized carbons (Fsp3) is 0.328. The van der Waals surface area contributed by atoms with Crippen LogP contribution in [0.5, 0.6) is 0 Å². The first-order valence-corrected chi connectivity index (χ1v) is 33.0. The largest absolute Gasteiger partial charge is 0.466 e. The van der Waals surface area contributed by atoms with E-state index in [-0.39, 0.29) is 12.4 Å². The summed E-state index contributed by atoms with van der Waals surface area (Å²) >= 11 is 3.33. The number of thiazole rings is 1. The van der Waals surface area contributed by atoms with Crippen molar-refractivity contribution in [1.82, 2.24) is 76.4 Å². The lowest BCUT2D eigenvalue weighted by Crippen LogP contribution is -2.98. The Morgan fingerprint density at radius 3 is 2.30 bits per heavy atom. The Morgan fingerprint density at radius 1 is 0.678 bits per heavy atom. The number of fused-ring (bicyclic) bond motifs is 5. The normalized spacial score (nSPS) is 28.3. The molecule has 0 aliphatic carbocycles. The van der Waals surface area contributed by atoms with Crippen LogP contribution in [0.25, 0.3) is 43.7 Å². The Kier molecular flexibility index (Phi) is 12.6. The van der Waals surface area contributed by atoms with Crippen molar-refractivity contribution in [3.63, 3.8) is 0 Å². The number of nitrogens with zero attached hydrogens (tertiary/aromatic N) is 11. The van der Waals surface area contributed by atoms with Gasteiger partial charge in [-0.3, -0.25) is 4.90 Å². The molecule has 0 spiro atoms. The van der Waals surface area contributed by atoms with E-state index < -0.39 is 39.4 Å². The van der Waals surface area contributed by atoms with Gasteiger partial charge < -0.3 is 43.0 Å². The molecule has 0 bridgehead atoms. The maximum absolute atomic E-state index is 8.63. The number of piperidine rings is 1. The van der Waals surface area contributed by atoms with Crippen LogP contribution in [0.1, 0.15) is 89.1 Å². The Labute approximate surface area is 523 Å². The molecular formula is C67H64N16O5S2. The number of rotatable bonds is 13. The summed E-state index contributed by atoms with van der Waals surface area (Å²) in [5.74, 6) is 0.326. The van der Waals surface area contributed by atoms with Gasteiger partial charge in [-0.05, 0) is 92.4 Å². The third-order valence-corrected chi connectivity index (χ3v) is 22.3. The van der Waals surface area contributed by atoms with Gasteiger partial charge in [-0.15, -0.1) is 32.9 Å². The number of hydrogen-bond donors (Lipinski definition) is 5. The summed E-state index contributed by atoms with van der Waals surface area (Å²) in [5, 5.41) is 55.2. The van der Waals surface area contributed by atoms with Crippen LogP contribution in [-0.2, 0) is 37.0 Å². The predicted octanol–water partition coefficient (Wildman–Crippen LogP) is 11.1. The van der Waals surface area contributed by atoms with Gasteiger partial charge in [0.25, 0.3) is 0 Å². The first-order valence-electron chi connectivity index (χ1n) is 31.2. The van der Waals surface area contributed by atoms with Gasteiger partial charge in [-0.2, -0.15) is 25.6 Å². The number of piperazine rings is 1. The molecule has 18 rings (SSSR count). The van der Waals surface area contributed by atoms with Crippen LogP contribution in [0.15, 0.2) is 182 Å². The maximum Gasteiger partial charge on any atom is 0.213 e. The third-order valence-electron chi connectivity index (χ3n) is 20.4. The van der Waals surface area contributed by atoms with Gasteiger partial charge in [0.15, 0.2) is 0 Å². The molecule has 90 heavy (non-hydrogen) atoms. The predicted molar refractivity (Wildman–Crippen MR) is 339 cm³/mol. The van der Waals surface area contributed by atoms with Crippen molar-refractivity contribution >= 4 is 72.2 Å². The van der Waals surface area contributed by atoms with Crippen molar-refractivity contribution in [2.45, 2.75) is 84.3 Å². The number of hydrogen-bond acceptors (Lipinski definition) is 19. The molecule has 9 aromatic heterocycles. The second-order valence-corrected chi connectivity index (χ2v) is 26.2. The zero-order valence-corrected chi connectivity index (χ0v) is 50.8. The summed E-state index contributed by atoms with van der Waals surface area (Å²) in [5.41, 5.74) is -3.08. The number of ether oxygens (including phenoxy) is 2. The molecular weight excluding hydrogens is 1170 g/mol. The lowest BCUT2D eigenvalue weighted by molar-refractivity contribution is -0.383. The standard InChI is InChI=1S/C67H64N16O5S2/c1-8-31-81(32-9-1)83-65(55-24-12-36-85-55,61-69-30-40-90-61)63(57-25-13-39-89-57,56-41-45-16-3-7-22-51(45)88-56)64(54-23-11-35-84-54,48-19-10-18-47-46-17-4-6-21-50(46)72-59(47)48)82(58-42-44-15-2-5-20-49(44)71-58)67(83,80-33-28-68-29-34-80)66(60-74-78-79-75-60)62(27-14-37-86-66,52-26-38-87-76-52)53-43-70-77-73-53/h2-7,10-11,13,15-23,25-26,30,35,38-43,55,68,71-72H,1,8-9,12,14,24,27-29,31-34,36-37H2,(H,70,73,77)(H,74,75,78,79). The lowest BCUT2D eigenvalue weighted by atomic mass is 9.46. The zero-order valence-electron chi connectivity index (χ0n) is 49.1. The van der Waals surface area contributed by atoms with Crippen LogP contribution in [0, 0.1) is 0 Å². The number of H-pyrrole nitrogens is 4. The Bertz CT molecular complexity index is 4530. The van der Waals surface area contributed by atoms with E-state index in [4.69, 9.17) is 58.6 Å². The van der Waals surface area contributed by atoms with Crippen molar-refractivity contribution < 1.29 is 22.8 Å². The van der Waals surface area contributed by atoms with E-state index in [0.717, 1.165) is 84.8 Å². The molecule has 5 N–H and O–H groups in total. The molecule has 14 heterocycles. The van der Waals surface area contributed by atoms with Gasteiger partial charge in [0.1, 0.15) is 56.1 Å². The van der Waals surface area contributed by atoms with Gasteiger partial charge in [-0.25, -0.2) is 9.99 Å². The lowest BCUT2D eigenvalue weighted by Gasteiger charge is -2.81. The zero-order chi connectivity index (χ0) is 59.5. The molecule has 23 heteroatoms. The molecule has 454 valence electrons. The number of tetrazole rings is 1. The summed E-state index contributed by atoms with van der Waals surface area (Å²) in [7, 11) is 0. The number of aromatic amines is 4. The molecule has 5 fully saturated rings. The van der Waals surface area contributed by atoms with Gasteiger partial charge in [-0.1, -0.05) is 95.7 Å². The molecule has 7 atom stereocenters. The average molecular weight is 1240 g/mol. The minimum atomic E-state index is -1.98. The molecule has 0 amide bonds. The number of furan rings is 2. The van der Waals surface area contributed by atoms with E-state index >= 15 is 0 Å². The fourth-order valence-corrected chi connectivity index (χ4v) is 19.5. The number of anilines is 1.